The molecule has 1 aromatic heterocycles. The second kappa shape index (κ2) is 18.7. The lowest BCUT2D eigenvalue weighted by Crippen LogP contribution is -2.60. The molecule has 4 fully saturated rings. The number of likely N-dealkylation sites (N-methyl/N-ethyl adjacent to an activating group) is 1. The minimum Gasteiger partial charge on any atom is -0.459 e. The molecule has 16 heteroatoms. The van der Waals surface area contributed by atoms with E-state index in [9.17, 15) is 14.4 Å². The van der Waals surface area contributed by atoms with Crippen LogP contribution in [0.4, 0.5) is 0 Å². The van der Waals surface area contributed by atoms with E-state index in [1.807, 2.05) is 91.7 Å². The summed E-state index contributed by atoms with van der Waals surface area (Å²) in [4.78, 5) is 48.7. The lowest BCUT2D eigenvalue weighted by atomic mass is 9.75. The quantitative estimate of drug-likeness (QED) is 0.229. The molecule has 0 spiro atoms. The molecule has 14 atom stereocenters. The Hall–Kier alpha value is -3.80. The van der Waals surface area contributed by atoms with Gasteiger partial charge < -0.3 is 47.3 Å². The van der Waals surface area contributed by atoms with Crippen molar-refractivity contribution in [3.05, 3.63) is 35.7 Å². The third kappa shape index (κ3) is 9.63. The number of fused-ring (bicyclic) bond motifs is 5. The van der Waals surface area contributed by atoms with Gasteiger partial charge in [-0.2, -0.15) is 0 Å². The first-order valence-corrected chi connectivity index (χ1v) is 21.2. The van der Waals surface area contributed by atoms with Gasteiger partial charge in [0.25, 0.3) is 5.89 Å². The molecule has 6 rings (SSSR count). The van der Waals surface area contributed by atoms with E-state index in [4.69, 9.17) is 42.4 Å². The molecular formula is C44H64N4O12. The number of hydrogen-bond acceptors (Lipinski definition) is 16. The number of ketones is 1. The SMILES string of the molecule is CC[C@H]1OC(=O)[C@H](C)[C@H]2OC/C(=N\OCc3nnc(-c4ccc(C)cc4)o3)CO[C@](C)(C[C@@H](C)C3OC1(C)C(=O)C3C)[C@H](O[C@@H]1O[C@H](C)C[C@H](N(C)C)[C@H]1OC(C)=O)[C@@H]2C. The predicted molar refractivity (Wildman–Crippen MR) is 217 cm³/mol. The average Bonchev–Trinajstić information content (AvgIpc) is 3.77. The lowest BCUT2D eigenvalue weighted by molar-refractivity contribution is -0.305. The minimum atomic E-state index is -1.34. The van der Waals surface area contributed by atoms with Gasteiger partial charge in [0.2, 0.25) is 5.89 Å². The Labute approximate surface area is 353 Å². The number of oxime groups is 1. The number of hydrogen-bond donors (Lipinski definition) is 0. The van der Waals surface area contributed by atoms with Gasteiger partial charge in [-0.25, -0.2) is 0 Å². The van der Waals surface area contributed by atoms with Crippen molar-refractivity contribution in [2.75, 3.05) is 27.3 Å². The zero-order valence-corrected chi connectivity index (χ0v) is 37.2. The van der Waals surface area contributed by atoms with E-state index < -0.39 is 77.7 Å². The fraction of sp³-hybridized carbons (Fsp3) is 0.727. The molecule has 0 radical (unpaired) electrons. The summed E-state index contributed by atoms with van der Waals surface area (Å²) >= 11 is 0. The van der Waals surface area contributed by atoms with Crippen LogP contribution in [0.25, 0.3) is 11.5 Å². The van der Waals surface area contributed by atoms with Crippen molar-refractivity contribution in [1.29, 1.82) is 0 Å². The summed E-state index contributed by atoms with van der Waals surface area (Å²) in [6.45, 7) is 18.2. The topological polar surface area (TPSA) is 180 Å². The van der Waals surface area contributed by atoms with Crippen molar-refractivity contribution in [2.45, 2.75) is 155 Å². The van der Waals surface area contributed by atoms with E-state index >= 15 is 0 Å². The zero-order chi connectivity index (χ0) is 43.7. The number of ether oxygens (including phenoxy) is 7. The molecule has 5 heterocycles. The maximum absolute atomic E-state index is 14.3. The van der Waals surface area contributed by atoms with Crippen LogP contribution in [0, 0.1) is 30.6 Å². The van der Waals surface area contributed by atoms with Crippen molar-refractivity contribution >= 4 is 23.4 Å². The highest BCUT2D eigenvalue weighted by molar-refractivity contribution is 5.92. The smallest absolute Gasteiger partial charge is 0.311 e. The van der Waals surface area contributed by atoms with Gasteiger partial charge >= 0.3 is 11.9 Å². The van der Waals surface area contributed by atoms with Gasteiger partial charge in [0.1, 0.15) is 11.8 Å². The maximum Gasteiger partial charge on any atom is 0.311 e. The van der Waals surface area contributed by atoms with Crippen LogP contribution in [-0.4, -0.2) is 126 Å². The average molecular weight is 841 g/mol. The summed E-state index contributed by atoms with van der Waals surface area (Å²) < 4.78 is 52.0. The van der Waals surface area contributed by atoms with Crippen molar-refractivity contribution in [1.82, 2.24) is 15.1 Å². The molecule has 3 unspecified atom stereocenters. The number of cyclic esters (lactones) is 1. The summed E-state index contributed by atoms with van der Waals surface area (Å²) in [5.41, 5.74) is -0.221. The van der Waals surface area contributed by atoms with Crippen LogP contribution >= 0.6 is 0 Å². The molecule has 0 saturated carbocycles. The van der Waals surface area contributed by atoms with E-state index in [1.165, 1.54) is 6.92 Å². The van der Waals surface area contributed by atoms with Gasteiger partial charge in [-0.1, -0.05) is 50.5 Å². The van der Waals surface area contributed by atoms with E-state index in [0.717, 1.165) is 11.1 Å². The first kappa shape index (κ1) is 45.7. The van der Waals surface area contributed by atoms with Crippen molar-refractivity contribution in [2.24, 2.45) is 28.8 Å². The molecule has 60 heavy (non-hydrogen) atoms. The Morgan fingerprint density at radius 1 is 1.00 bits per heavy atom. The Bertz CT molecular complexity index is 1850. The highest BCUT2D eigenvalue weighted by Gasteiger charge is 2.59. The third-order valence-corrected chi connectivity index (χ3v) is 12.8. The standard InChI is InChI=1S/C44H64N4O12/c1-13-33-44(10)38(50)26(5)35(60-44)24(3)19-43(9)39(59-42-37(56-29(8)49)32(48(11)12)18-25(4)55-42)27(6)36(28(7)41(51)57-33)52-20-31(21-53-43)47-54-22-34-45-46-40(58-34)30-16-14-23(2)15-17-30/h14-17,24-28,32-33,35-37,39,42H,13,18-22H2,1-12H3/b47-31+/t24-,25-,26?,27-,28-,32+,33-,35?,36+,37-,39-,42+,43-,44?/m1/s1. The van der Waals surface area contributed by atoms with E-state index in [1.54, 1.807) is 13.8 Å². The number of Topliss-reactive ketones (excluding diaryl/α,β-unsaturated/α-hetero) is 1. The van der Waals surface area contributed by atoms with Gasteiger partial charge in [0, 0.05) is 24.3 Å². The van der Waals surface area contributed by atoms with Gasteiger partial charge in [-0.3, -0.25) is 14.4 Å². The van der Waals surface area contributed by atoms with Crippen LogP contribution in [0.2, 0.25) is 0 Å². The van der Waals surface area contributed by atoms with Crippen LogP contribution in [0.5, 0.6) is 0 Å². The molecule has 0 amide bonds. The number of aryl methyl sites for hydroxylation is 1. The number of esters is 2. The van der Waals surface area contributed by atoms with Gasteiger partial charge in [0.05, 0.1) is 55.2 Å². The predicted octanol–water partition coefficient (Wildman–Crippen LogP) is 5.47. The number of carbonyl (C=O) groups is 3. The summed E-state index contributed by atoms with van der Waals surface area (Å²) in [7, 11) is 3.86. The molecule has 2 aromatic rings. The van der Waals surface area contributed by atoms with Crippen LogP contribution < -0.4 is 0 Å². The molecule has 4 aliphatic rings. The largest absolute Gasteiger partial charge is 0.459 e. The van der Waals surface area contributed by atoms with Crippen LogP contribution in [0.1, 0.15) is 93.0 Å². The van der Waals surface area contributed by atoms with E-state index in [-0.39, 0.29) is 49.6 Å². The zero-order valence-electron chi connectivity index (χ0n) is 37.2. The molecule has 0 N–H and O–H groups in total. The first-order chi connectivity index (χ1) is 28.3. The third-order valence-electron chi connectivity index (χ3n) is 12.8. The van der Waals surface area contributed by atoms with Crippen LogP contribution in [-0.2, 0) is 59.0 Å². The van der Waals surface area contributed by atoms with Gasteiger partial charge in [0.15, 0.2) is 30.4 Å². The van der Waals surface area contributed by atoms with Crippen molar-refractivity contribution < 1.29 is 56.8 Å². The molecule has 1 aromatic carbocycles. The Kier molecular flexibility index (Phi) is 14.2. The summed E-state index contributed by atoms with van der Waals surface area (Å²) in [5, 5.41) is 12.7. The second-order valence-corrected chi connectivity index (χ2v) is 17.9. The second-order valence-electron chi connectivity index (χ2n) is 17.9. The van der Waals surface area contributed by atoms with E-state index in [0.29, 0.717) is 30.9 Å². The summed E-state index contributed by atoms with van der Waals surface area (Å²) in [6.07, 6.45) is -3.75. The van der Waals surface area contributed by atoms with E-state index in [2.05, 4.69) is 15.4 Å². The Morgan fingerprint density at radius 2 is 1.72 bits per heavy atom. The number of benzene rings is 1. The molecule has 332 valence electrons. The van der Waals surface area contributed by atoms with Crippen molar-refractivity contribution in [3.63, 3.8) is 0 Å². The number of rotatable bonds is 9. The molecule has 4 aliphatic heterocycles. The van der Waals surface area contributed by atoms with Gasteiger partial charge in [-0.15, -0.1) is 10.2 Å². The monoisotopic (exact) mass is 840 g/mol. The normalized spacial score (nSPS) is 38.6. The summed E-state index contributed by atoms with van der Waals surface area (Å²) in [6, 6.07) is 7.51. The number of aromatic nitrogens is 2. The molecule has 4 bridgehead atoms. The summed E-state index contributed by atoms with van der Waals surface area (Å²) in [5.74, 6) is -2.73. The minimum absolute atomic E-state index is 0.0505. The lowest BCUT2D eigenvalue weighted by Gasteiger charge is -2.48. The van der Waals surface area contributed by atoms with Crippen molar-refractivity contribution in [3.8, 4) is 11.5 Å². The van der Waals surface area contributed by atoms with Crippen LogP contribution in [0.15, 0.2) is 33.8 Å². The molecular weight excluding hydrogens is 776 g/mol. The number of nitrogens with zero attached hydrogens (tertiary/aromatic N) is 4. The number of carbonyl (C=O) groups excluding carboxylic acids is 3. The molecule has 4 saturated heterocycles. The molecule has 16 nitrogen and oxygen atoms in total. The Balaban J connectivity index is 1.38. The van der Waals surface area contributed by atoms with Crippen LogP contribution in [0.3, 0.4) is 0 Å². The fourth-order valence-electron chi connectivity index (χ4n) is 9.56. The highest BCUT2D eigenvalue weighted by Crippen LogP contribution is 2.45. The fourth-order valence-corrected chi connectivity index (χ4v) is 9.56. The van der Waals surface area contributed by atoms with Gasteiger partial charge in [-0.05, 0) is 86.0 Å². The maximum atomic E-state index is 14.3. The highest BCUT2D eigenvalue weighted by atomic mass is 16.7. The molecule has 0 aliphatic carbocycles. The Morgan fingerprint density at radius 3 is 2.38 bits per heavy atom. The first-order valence-electron chi connectivity index (χ1n) is 21.2.